The molecule has 0 unspecified atom stereocenters. The maximum absolute atomic E-state index is 12.8. The van der Waals surface area contributed by atoms with Gasteiger partial charge in [0.05, 0.1) is 18.4 Å². The van der Waals surface area contributed by atoms with E-state index < -0.39 is 5.97 Å². The van der Waals surface area contributed by atoms with E-state index in [2.05, 4.69) is 36.5 Å². The van der Waals surface area contributed by atoms with Crippen molar-refractivity contribution in [1.29, 1.82) is 0 Å². The molecular weight excluding hydrogens is 436 g/mol. The molecule has 0 aliphatic rings. The Kier molecular flexibility index (Phi) is 9.91. The zero-order chi connectivity index (χ0) is 25.0. The number of carbonyl (C=O) groups is 2. The lowest BCUT2D eigenvalue weighted by Crippen LogP contribution is -2.26. The van der Waals surface area contributed by atoms with Gasteiger partial charge in [0.2, 0.25) is 5.91 Å². The highest BCUT2D eigenvalue weighted by Crippen LogP contribution is 2.30. The largest absolute Gasteiger partial charge is 0.465 e. The summed E-state index contributed by atoms with van der Waals surface area (Å²) in [5.41, 5.74) is 5.15. The normalized spacial score (nSPS) is 10.6. The zero-order valence-electron chi connectivity index (χ0n) is 21.0. The van der Waals surface area contributed by atoms with Gasteiger partial charge in [-0.05, 0) is 47.4 Å². The van der Waals surface area contributed by atoms with Crippen LogP contribution in [0.4, 0.5) is 11.4 Å². The molecule has 184 valence electrons. The number of methoxy groups -OCH3 is 1. The van der Waals surface area contributed by atoms with Crippen LogP contribution in [0.15, 0.2) is 72.8 Å². The van der Waals surface area contributed by atoms with Crippen molar-refractivity contribution < 1.29 is 14.3 Å². The van der Waals surface area contributed by atoms with Crippen LogP contribution in [-0.2, 0) is 16.1 Å². The molecule has 0 aliphatic heterocycles. The standard InChI is InChI=1S/C30H36N2O3/c1-4-5-6-7-11-18-29(33)32(2)22-25-21-24(23-14-9-8-10-15-23)19-20-27(25)31-28-17-13-12-16-26(28)30(34)35-3/h8-10,12-17,19-21,31H,4-7,11,18,22H2,1-3H3. The minimum Gasteiger partial charge on any atom is -0.465 e. The quantitative estimate of drug-likeness (QED) is 0.224. The number of ether oxygens (including phenoxy) is 1. The van der Waals surface area contributed by atoms with Crippen LogP contribution in [0.2, 0.25) is 0 Å². The summed E-state index contributed by atoms with van der Waals surface area (Å²) in [6.07, 6.45) is 6.17. The molecule has 3 aromatic carbocycles. The number of hydrogen-bond acceptors (Lipinski definition) is 4. The van der Waals surface area contributed by atoms with Gasteiger partial charge in [0.25, 0.3) is 0 Å². The Labute approximate surface area is 209 Å². The number of anilines is 2. The number of hydrogen-bond donors (Lipinski definition) is 1. The van der Waals surface area contributed by atoms with E-state index in [4.69, 9.17) is 4.74 Å². The maximum atomic E-state index is 12.8. The molecule has 35 heavy (non-hydrogen) atoms. The Morgan fingerprint density at radius 2 is 1.54 bits per heavy atom. The van der Waals surface area contributed by atoms with Crippen LogP contribution in [0.1, 0.15) is 61.4 Å². The van der Waals surface area contributed by atoms with Crippen molar-refractivity contribution in [3.63, 3.8) is 0 Å². The molecule has 0 aliphatic carbocycles. The van der Waals surface area contributed by atoms with E-state index in [1.165, 1.54) is 26.4 Å². The van der Waals surface area contributed by atoms with Gasteiger partial charge < -0.3 is 15.0 Å². The first-order chi connectivity index (χ1) is 17.0. The predicted octanol–water partition coefficient (Wildman–Crippen LogP) is 7.20. The van der Waals surface area contributed by atoms with E-state index in [1.54, 1.807) is 11.0 Å². The summed E-state index contributed by atoms with van der Waals surface area (Å²) in [5.74, 6) is -0.251. The first kappa shape index (κ1) is 26.0. The van der Waals surface area contributed by atoms with Crippen molar-refractivity contribution in [2.75, 3.05) is 19.5 Å². The summed E-state index contributed by atoms with van der Waals surface area (Å²) in [4.78, 5) is 26.9. The first-order valence-corrected chi connectivity index (χ1v) is 12.4. The van der Waals surface area contributed by atoms with Crippen molar-refractivity contribution in [1.82, 2.24) is 4.90 Å². The number of para-hydroxylation sites is 1. The van der Waals surface area contributed by atoms with Crippen LogP contribution in [0, 0.1) is 0 Å². The molecule has 1 amide bonds. The van der Waals surface area contributed by atoms with Gasteiger partial charge in [0, 0.05) is 25.7 Å². The van der Waals surface area contributed by atoms with E-state index in [0.29, 0.717) is 24.2 Å². The molecule has 3 aromatic rings. The molecule has 0 spiro atoms. The van der Waals surface area contributed by atoms with Gasteiger partial charge in [-0.25, -0.2) is 4.79 Å². The zero-order valence-corrected chi connectivity index (χ0v) is 21.0. The van der Waals surface area contributed by atoms with Gasteiger partial charge in [0.1, 0.15) is 0 Å². The van der Waals surface area contributed by atoms with Crippen LogP contribution in [0.3, 0.4) is 0 Å². The Bertz CT molecular complexity index is 1110. The van der Waals surface area contributed by atoms with Crippen molar-refractivity contribution in [3.8, 4) is 11.1 Å². The minimum atomic E-state index is -0.397. The summed E-state index contributed by atoms with van der Waals surface area (Å²) in [6, 6.07) is 23.6. The highest BCUT2D eigenvalue weighted by atomic mass is 16.5. The average Bonchev–Trinajstić information content (AvgIpc) is 2.89. The van der Waals surface area contributed by atoms with Gasteiger partial charge in [-0.15, -0.1) is 0 Å². The Hall–Kier alpha value is -3.60. The summed E-state index contributed by atoms with van der Waals surface area (Å²) in [6.45, 7) is 2.66. The topological polar surface area (TPSA) is 58.6 Å². The lowest BCUT2D eigenvalue weighted by Gasteiger charge is -2.21. The highest BCUT2D eigenvalue weighted by molar-refractivity contribution is 5.96. The minimum absolute atomic E-state index is 0.146. The fourth-order valence-corrected chi connectivity index (χ4v) is 4.10. The molecule has 1 N–H and O–H groups in total. The number of carbonyl (C=O) groups excluding carboxylic acids is 2. The number of rotatable bonds is 12. The van der Waals surface area contributed by atoms with Gasteiger partial charge in [-0.3, -0.25) is 4.79 Å². The molecule has 5 heteroatoms. The first-order valence-electron chi connectivity index (χ1n) is 12.4. The number of esters is 1. The molecule has 0 bridgehead atoms. The van der Waals surface area contributed by atoms with Gasteiger partial charge in [0.15, 0.2) is 0 Å². The molecule has 0 radical (unpaired) electrons. The number of benzene rings is 3. The second-order valence-corrected chi connectivity index (χ2v) is 8.81. The molecule has 0 heterocycles. The van der Waals surface area contributed by atoms with Crippen LogP contribution in [-0.4, -0.2) is 30.9 Å². The van der Waals surface area contributed by atoms with Crippen molar-refractivity contribution >= 4 is 23.3 Å². The van der Waals surface area contributed by atoms with E-state index in [1.807, 2.05) is 49.5 Å². The summed E-state index contributed by atoms with van der Waals surface area (Å²) < 4.78 is 4.95. The Morgan fingerprint density at radius 3 is 2.29 bits per heavy atom. The van der Waals surface area contributed by atoms with Crippen LogP contribution < -0.4 is 5.32 Å². The van der Waals surface area contributed by atoms with Crippen molar-refractivity contribution in [3.05, 3.63) is 83.9 Å². The predicted molar refractivity (Wildman–Crippen MR) is 143 cm³/mol. The molecule has 0 aromatic heterocycles. The van der Waals surface area contributed by atoms with Crippen LogP contribution in [0.25, 0.3) is 11.1 Å². The van der Waals surface area contributed by atoms with E-state index in [-0.39, 0.29) is 5.91 Å². The maximum Gasteiger partial charge on any atom is 0.339 e. The Balaban J connectivity index is 1.85. The summed E-state index contributed by atoms with van der Waals surface area (Å²) in [7, 11) is 3.23. The fraction of sp³-hybridized carbons (Fsp3) is 0.333. The van der Waals surface area contributed by atoms with Crippen LogP contribution >= 0.6 is 0 Å². The monoisotopic (exact) mass is 472 g/mol. The van der Waals surface area contributed by atoms with E-state index >= 15 is 0 Å². The summed E-state index contributed by atoms with van der Waals surface area (Å²) >= 11 is 0. The van der Waals surface area contributed by atoms with Crippen molar-refractivity contribution in [2.24, 2.45) is 0 Å². The average molecular weight is 473 g/mol. The molecule has 0 fully saturated rings. The van der Waals surface area contributed by atoms with Gasteiger partial charge in [-0.2, -0.15) is 0 Å². The van der Waals surface area contributed by atoms with Crippen LogP contribution in [0.5, 0.6) is 0 Å². The molecule has 0 saturated carbocycles. The lowest BCUT2D eigenvalue weighted by molar-refractivity contribution is -0.130. The third kappa shape index (κ3) is 7.44. The number of nitrogens with one attached hydrogen (secondary N) is 1. The number of amides is 1. The molecule has 5 nitrogen and oxygen atoms in total. The second-order valence-electron chi connectivity index (χ2n) is 8.81. The van der Waals surface area contributed by atoms with Gasteiger partial charge >= 0.3 is 5.97 Å². The number of nitrogens with zero attached hydrogens (tertiary/aromatic N) is 1. The molecule has 3 rings (SSSR count). The third-order valence-electron chi connectivity index (χ3n) is 6.14. The van der Waals surface area contributed by atoms with Gasteiger partial charge in [-0.1, -0.05) is 81.1 Å². The molecule has 0 saturated heterocycles. The highest BCUT2D eigenvalue weighted by Gasteiger charge is 2.16. The second kappa shape index (κ2) is 13.3. The Morgan fingerprint density at radius 1 is 0.829 bits per heavy atom. The fourth-order valence-electron chi connectivity index (χ4n) is 4.10. The molecular formula is C30H36N2O3. The molecule has 0 atom stereocenters. The van der Waals surface area contributed by atoms with E-state index in [9.17, 15) is 9.59 Å². The van der Waals surface area contributed by atoms with Crippen molar-refractivity contribution in [2.45, 2.75) is 52.0 Å². The lowest BCUT2D eigenvalue weighted by atomic mass is 10.0. The smallest absolute Gasteiger partial charge is 0.339 e. The third-order valence-corrected chi connectivity index (χ3v) is 6.14. The SMILES string of the molecule is CCCCCCCC(=O)N(C)Cc1cc(-c2ccccc2)ccc1Nc1ccccc1C(=O)OC. The number of unbranched alkanes of at least 4 members (excludes halogenated alkanes) is 4. The summed E-state index contributed by atoms with van der Waals surface area (Å²) in [5, 5.41) is 3.41. The van der Waals surface area contributed by atoms with E-state index in [0.717, 1.165) is 35.2 Å².